The first-order valence-corrected chi connectivity index (χ1v) is 12.9. The fraction of sp³-hybridized carbons (Fsp3) is 0.406. The number of ether oxygens (including phenoxy) is 1. The van der Waals surface area contributed by atoms with Gasteiger partial charge in [0.05, 0.1) is 12.8 Å². The average Bonchev–Trinajstić information content (AvgIpc) is 2.83. The first-order valence-electron chi connectivity index (χ1n) is 12.9. The van der Waals surface area contributed by atoms with Crippen LogP contribution >= 0.6 is 0 Å². The second-order valence-electron chi connectivity index (χ2n) is 10.5. The molecule has 1 N–H and O–H groups in total. The van der Waals surface area contributed by atoms with Crippen LogP contribution in [0.5, 0.6) is 5.75 Å². The molecule has 0 saturated carbocycles. The van der Waals surface area contributed by atoms with Crippen molar-refractivity contribution in [2.75, 3.05) is 12.4 Å². The van der Waals surface area contributed by atoms with E-state index in [9.17, 15) is 0 Å². The molecule has 3 aromatic carbocycles. The Kier molecular flexibility index (Phi) is 8.77. The molecule has 0 fully saturated rings. The first-order chi connectivity index (χ1) is 16.6. The molecule has 0 atom stereocenters. The van der Waals surface area contributed by atoms with Gasteiger partial charge in [0, 0.05) is 11.3 Å². The summed E-state index contributed by atoms with van der Waals surface area (Å²) in [6, 6.07) is 21.4. The second kappa shape index (κ2) is 11.6. The molecule has 0 spiro atoms. The van der Waals surface area contributed by atoms with Crippen LogP contribution in [0.4, 0.5) is 11.4 Å². The minimum absolute atomic E-state index is 0.374. The molecule has 0 unspecified atom stereocenters. The molecule has 3 aromatic rings. The first kappa shape index (κ1) is 26.5. The van der Waals surface area contributed by atoms with Crippen molar-refractivity contribution in [1.82, 2.24) is 0 Å². The van der Waals surface area contributed by atoms with Gasteiger partial charge in [-0.15, -0.1) is 0 Å². The zero-order valence-electron chi connectivity index (χ0n) is 22.9. The number of benzene rings is 3. The van der Waals surface area contributed by atoms with Crippen molar-refractivity contribution in [3.05, 3.63) is 88.5 Å². The van der Waals surface area contributed by atoms with E-state index in [1.165, 1.54) is 27.9 Å². The highest BCUT2D eigenvalue weighted by atomic mass is 16.5. The van der Waals surface area contributed by atoms with Gasteiger partial charge in [0.15, 0.2) is 0 Å². The summed E-state index contributed by atoms with van der Waals surface area (Å²) < 4.78 is 5.43. The molecular weight excluding hydrogens is 428 g/mol. The summed E-state index contributed by atoms with van der Waals surface area (Å²) in [4.78, 5) is 5.39. The van der Waals surface area contributed by atoms with Crippen LogP contribution in [0.3, 0.4) is 0 Å². The van der Waals surface area contributed by atoms with E-state index in [4.69, 9.17) is 9.73 Å². The lowest BCUT2D eigenvalue weighted by molar-refractivity contribution is 0.415. The Morgan fingerprint density at radius 2 is 1.06 bits per heavy atom. The summed E-state index contributed by atoms with van der Waals surface area (Å²) in [6.45, 7) is 18.0. The minimum Gasteiger partial charge on any atom is -0.497 e. The third-order valence-electron chi connectivity index (χ3n) is 6.55. The van der Waals surface area contributed by atoms with Gasteiger partial charge in [-0.25, -0.2) is 4.99 Å². The van der Waals surface area contributed by atoms with Gasteiger partial charge < -0.3 is 10.1 Å². The zero-order valence-corrected chi connectivity index (χ0v) is 22.9. The molecule has 0 aromatic heterocycles. The molecule has 0 aliphatic rings. The van der Waals surface area contributed by atoms with Crippen molar-refractivity contribution in [1.29, 1.82) is 0 Å². The van der Waals surface area contributed by atoms with Crippen molar-refractivity contribution in [2.45, 2.75) is 79.1 Å². The normalized spacial score (nSPS) is 12.2. The Bertz CT molecular complexity index is 1100. The second-order valence-corrected chi connectivity index (χ2v) is 10.5. The van der Waals surface area contributed by atoms with Crippen LogP contribution in [0.2, 0.25) is 0 Å². The van der Waals surface area contributed by atoms with Crippen molar-refractivity contribution < 1.29 is 4.74 Å². The van der Waals surface area contributed by atoms with Crippen LogP contribution in [0.25, 0.3) is 0 Å². The van der Waals surface area contributed by atoms with Crippen molar-refractivity contribution in [2.24, 2.45) is 4.99 Å². The number of rotatable bonds is 8. The molecule has 0 heterocycles. The largest absolute Gasteiger partial charge is 0.497 e. The SMILES string of the molecule is COc1ccc(C(=Nc2c(C(C)C)cccc2C(C)C)Nc2c(C(C)C)cccc2C(C)C)cc1. The van der Waals surface area contributed by atoms with Crippen LogP contribution in [0.15, 0.2) is 65.7 Å². The number of methoxy groups -OCH3 is 1. The van der Waals surface area contributed by atoms with E-state index < -0.39 is 0 Å². The number of nitrogens with zero attached hydrogens (tertiary/aromatic N) is 1. The van der Waals surface area contributed by atoms with Crippen LogP contribution in [-0.2, 0) is 0 Å². The summed E-state index contributed by atoms with van der Waals surface area (Å²) in [5.41, 5.74) is 8.42. The van der Waals surface area contributed by atoms with Gasteiger partial charge in [-0.3, -0.25) is 0 Å². The van der Waals surface area contributed by atoms with E-state index >= 15 is 0 Å². The van der Waals surface area contributed by atoms with Crippen molar-refractivity contribution >= 4 is 17.2 Å². The van der Waals surface area contributed by atoms with Crippen LogP contribution in [0, 0.1) is 0 Å². The summed E-state index contributed by atoms with van der Waals surface area (Å²) in [6.07, 6.45) is 0. The van der Waals surface area contributed by atoms with E-state index in [0.717, 1.165) is 22.8 Å². The van der Waals surface area contributed by atoms with Gasteiger partial charge >= 0.3 is 0 Å². The lowest BCUT2D eigenvalue weighted by Gasteiger charge is -2.23. The average molecular weight is 471 g/mol. The highest BCUT2D eigenvalue weighted by Crippen LogP contribution is 2.37. The number of anilines is 1. The molecule has 0 aliphatic carbocycles. The fourth-order valence-electron chi connectivity index (χ4n) is 4.48. The van der Waals surface area contributed by atoms with E-state index in [1.807, 2.05) is 12.1 Å². The Balaban J connectivity index is 2.29. The molecule has 0 aliphatic heterocycles. The molecule has 0 amide bonds. The highest BCUT2D eigenvalue weighted by Gasteiger charge is 2.19. The minimum atomic E-state index is 0.374. The van der Waals surface area contributed by atoms with E-state index in [-0.39, 0.29) is 0 Å². The lowest BCUT2D eigenvalue weighted by Crippen LogP contribution is -2.17. The van der Waals surface area contributed by atoms with Gasteiger partial charge in [-0.05, 0) is 70.2 Å². The predicted molar refractivity (Wildman–Crippen MR) is 152 cm³/mol. The Hall–Kier alpha value is -3.07. The van der Waals surface area contributed by atoms with Gasteiger partial charge in [-0.2, -0.15) is 0 Å². The maximum Gasteiger partial charge on any atom is 0.138 e. The number of nitrogens with one attached hydrogen (secondary N) is 1. The quantitative estimate of drug-likeness (QED) is 0.263. The van der Waals surface area contributed by atoms with Gasteiger partial charge in [0.2, 0.25) is 0 Å². The molecular formula is C32H42N2O. The lowest BCUT2D eigenvalue weighted by atomic mass is 9.92. The highest BCUT2D eigenvalue weighted by molar-refractivity contribution is 6.10. The molecule has 0 radical (unpaired) electrons. The standard InChI is InChI=1S/C32H42N2O/c1-20(2)26-12-10-13-27(21(3)4)30(26)33-32(24-16-18-25(35-9)19-17-24)34-31-28(22(5)6)14-11-15-29(31)23(7)8/h10-23H,1-9H3,(H,33,34). The molecule has 3 rings (SSSR count). The summed E-state index contributed by atoms with van der Waals surface area (Å²) in [7, 11) is 1.70. The Morgan fingerprint density at radius 1 is 0.629 bits per heavy atom. The predicted octanol–water partition coefficient (Wildman–Crippen LogP) is 9.38. The van der Waals surface area contributed by atoms with Gasteiger partial charge in [0.1, 0.15) is 11.6 Å². The number of hydrogen-bond acceptors (Lipinski definition) is 2. The zero-order chi connectivity index (χ0) is 25.7. The van der Waals surface area contributed by atoms with Crippen LogP contribution in [0.1, 0.15) is 107 Å². The van der Waals surface area contributed by atoms with Gasteiger partial charge in [0.25, 0.3) is 0 Å². The molecule has 0 bridgehead atoms. The molecule has 3 heteroatoms. The summed E-state index contributed by atoms with van der Waals surface area (Å²) in [5.74, 6) is 3.23. The third kappa shape index (κ3) is 6.14. The molecule has 0 saturated heterocycles. The maximum atomic E-state index is 5.43. The topological polar surface area (TPSA) is 33.6 Å². The van der Waals surface area contributed by atoms with Gasteiger partial charge in [-0.1, -0.05) is 91.8 Å². The maximum absolute atomic E-state index is 5.43. The third-order valence-corrected chi connectivity index (χ3v) is 6.55. The number of amidine groups is 1. The number of para-hydroxylation sites is 2. The van der Waals surface area contributed by atoms with Crippen molar-refractivity contribution in [3.63, 3.8) is 0 Å². The summed E-state index contributed by atoms with van der Waals surface area (Å²) >= 11 is 0. The van der Waals surface area contributed by atoms with E-state index in [1.54, 1.807) is 7.11 Å². The molecule has 35 heavy (non-hydrogen) atoms. The van der Waals surface area contributed by atoms with Crippen molar-refractivity contribution in [3.8, 4) is 5.75 Å². The van der Waals surface area contributed by atoms with E-state index in [2.05, 4.69) is 109 Å². The smallest absolute Gasteiger partial charge is 0.138 e. The fourth-order valence-corrected chi connectivity index (χ4v) is 4.48. The number of aliphatic imine (C=N–C) groups is 1. The monoisotopic (exact) mass is 470 g/mol. The molecule has 3 nitrogen and oxygen atoms in total. The van der Waals surface area contributed by atoms with Crippen LogP contribution in [-0.4, -0.2) is 12.9 Å². The molecule has 186 valence electrons. The van der Waals surface area contributed by atoms with Crippen LogP contribution < -0.4 is 10.1 Å². The van der Waals surface area contributed by atoms with E-state index in [0.29, 0.717) is 23.7 Å². The summed E-state index contributed by atoms with van der Waals surface area (Å²) in [5, 5.41) is 3.82. The Morgan fingerprint density at radius 3 is 1.46 bits per heavy atom. The Labute approximate surface area is 212 Å². The number of hydrogen-bond donors (Lipinski definition) is 1.